The summed E-state index contributed by atoms with van der Waals surface area (Å²) in [6.45, 7) is 1.53. The van der Waals surface area contributed by atoms with Gasteiger partial charge in [-0.05, 0) is 6.92 Å². The molecule has 0 bridgehead atoms. The molecule has 9 heteroatoms. The van der Waals surface area contributed by atoms with E-state index in [1.165, 1.54) is 11.8 Å². The molecule has 1 amide bonds. The quantitative estimate of drug-likeness (QED) is 0.597. The van der Waals surface area contributed by atoms with Gasteiger partial charge in [-0.1, -0.05) is 0 Å². The van der Waals surface area contributed by atoms with Gasteiger partial charge in [-0.3, -0.25) is 14.9 Å². The van der Waals surface area contributed by atoms with Crippen LogP contribution in [0.15, 0.2) is 12.3 Å². The normalized spacial score (nSPS) is 11.6. The first-order chi connectivity index (χ1) is 9.23. The number of likely N-dealkylation sites (N-methyl/N-ethyl adjacent to an activating group) is 1. The van der Waals surface area contributed by atoms with Crippen LogP contribution in [-0.4, -0.2) is 51.9 Å². The predicted molar refractivity (Wildman–Crippen MR) is 69.6 cm³/mol. The number of nitrogens with one attached hydrogen (secondary N) is 1. The Morgan fingerprint density at radius 3 is 2.55 bits per heavy atom. The highest BCUT2D eigenvalue weighted by atomic mass is 16.6. The van der Waals surface area contributed by atoms with Crippen LogP contribution in [0.3, 0.4) is 0 Å². The number of rotatable bonds is 5. The van der Waals surface area contributed by atoms with E-state index in [-0.39, 0.29) is 17.3 Å². The van der Waals surface area contributed by atoms with Crippen molar-refractivity contribution in [2.75, 3.05) is 19.4 Å². The van der Waals surface area contributed by atoms with Crippen molar-refractivity contribution in [1.82, 2.24) is 9.88 Å². The average Bonchev–Trinajstić information content (AvgIpc) is 2.37. The Kier molecular flexibility index (Phi) is 4.57. The van der Waals surface area contributed by atoms with E-state index in [4.69, 9.17) is 5.11 Å². The summed E-state index contributed by atoms with van der Waals surface area (Å²) in [5, 5.41) is 22.3. The Bertz CT molecular complexity index is 558. The lowest BCUT2D eigenvalue weighted by Gasteiger charge is -2.18. The summed E-state index contributed by atoms with van der Waals surface area (Å²) in [4.78, 5) is 37.6. The van der Waals surface area contributed by atoms with E-state index in [0.717, 1.165) is 12.3 Å². The first kappa shape index (κ1) is 15.3. The Labute approximate surface area is 114 Å². The van der Waals surface area contributed by atoms with Crippen LogP contribution >= 0.6 is 0 Å². The fraction of sp³-hybridized carbons (Fsp3) is 0.364. The van der Waals surface area contributed by atoms with Crippen molar-refractivity contribution < 1.29 is 19.6 Å². The molecule has 0 fully saturated rings. The number of aromatic carboxylic acids is 1. The highest BCUT2D eigenvalue weighted by Crippen LogP contribution is 2.23. The van der Waals surface area contributed by atoms with E-state index in [9.17, 15) is 19.7 Å². The van der Waals surface area contributed by atoms with E-state index < -0.39 is 22.6 Å². The fourth-order valence-electron chi connectivity index (χ4n) is 1.47. The summed E-state index contributed by atoms with van der Waals surface area (Å²) in [6.07, 6.45) is 0.991. The first-order valence-electron chi connectivity index (χ1n) is 5.59. The van der Waals surface area contributed by atoms with Crippen LogP contribution < -0.4 is 5.32 Å². The Hall–Kier alpha value is -2.71. The standard InChI is InChI=1S/C11H14N4O5/c1-6(10(16)14(2)3)13-9-8(15(19)20)4-7(5-12-9)11(17)18/h4-6H,1-3H3,(H,12,13)(H,17,18). The topological polar surface area (TPSA) is 126 Å². The molecular weight excluding hydrogens is 268 g/mol. The van der Waals surface area contributed by atoms with Crippen molar-refractivity contribution in [3.8, 4) is 0 Å². The summed E-state index contributed by atoms with van der Waals surface area (Å²) in [6, 6.07) is 0.164. The van der Waals surface area contributed by atoms with Crippen LogP contribution in [0.2, 0.25) is 0 Å². The monoisotopic (exact) mass is 282 g/mol. The molecule has 1 rings (SSSR count). The van der Waals surface area contributed by atoms with Gasteiger partial charge in [0.25, 0.3) is 0 Å². The lowest BCUT2D eigenvalue weighted by Crippen LogP contribution is -2.37. The van der Waals surface area contributed by atoms with Gasteiger partial charge in [0.1, 0.15) is 6.04 Å². The molecule has 1 heterocycles. The van der Waals surface area contributed by atoms with Gasteiger partial charge in [0, 0.05) is 26.4 Å². The minimum absolute atomic E-state index is 0.150. The van der Waals surface area contributed by atoms with E-state index in [1.807, 2.05) is 0 Å². The van der Waals surface area contributed by atoms with Crippen LogP contribution in [-0.2, 0) is 4.79 Å². The molecule has 20 heavy (non-hydrogen) atoms. The largest absolute Gasteiger partial charge is 0.478 e. The van der Waals surface area contributed by atoms with Gasteiger partial charge in [0.15, 0.2) is 0 Å². The molecule has 1 atom stereocenters. The number of carboxylic acids is 1. The highest BCUT2D eigenvalue weighted by molar-refractivity contribution is 5.89. The number of hydrogen-bond donors (Lipinski definition) is 2. The molecule has 0 saturated carbocycles. The van der Waals surface area contributed by atoms with Crippen molar-refractivity contribution >= 4 is 23.4 Å². The SMILES string of the molecule is CC(Nc1ncc(C(=O)O)cc1[N+](=O)[O-])C(=O)N(C)C. The number of carboxylic acid groups (broad SMARTS) is 1. The molecule has 1 aromatic heterocycles. The zero-order valence-corrected chi connectivity index (χ0v) is 11.2. The molecule has 0 aliphatic rings. The van der Waals surface area contributed by atoms with E-state index in [0.29, 0.717) is 0 Å². The predicted octanol–water partition coefficient (Wildman–Crippen LogP) is 0.577. The summed E-state index contributed by atoms with van der Waals surface area (Å²) < 4.78 is 0. The molecule has 0 aliphatic carbocycles. The zero-order valence-electron chi connectivity index (χ0n) is 11.2. The Morgan fingerprint density at radius 2 is 2.10 bits per heavy atom. The summed E-state index contributed by atoms with van der Waals surface area (Å²) in [7, 11) is 3.10. The van der Waals surface area contributed by atoms with Gasteiger partial charge in [-0.25, -0.2) is 9.78 Å². The van der Waals surface area contributed by atoms with E-state index in [2.05, 4.69) is 10.3 Å². The minimum atomic E-state index is -1.32. The van der Waals surface area contributed by atoms with Crippen molar-refractivity contribution in [1.29, 1.82) is 0 Å². The van der Waals surface area contributed by atoms with Crippen molar-refractivity contribution in [3.63, 3.8) is 0 Å². The number of amides is 1. The van der Waals surface area contributed by atoms with Crippen LogP contribution in [0, 0.1) is 10.1 Å². The number of carbonyl (C=O) groups is 2. The fourth-order valence-corrected chi connectivity index (χ4v) is 1.47. The number of nitro groups is 1. The molecular formula is C11H14N4O5. The Balaban J connectivity index is 3.09. The average molecular weight is 282 g/mol. The van der Waals surface area contributed by atoms with Gasteiger partial charge >= 0.3 is 11.7 Å². The van der Waals surface area contributed by atoms with Crippen LogP contribution in [0.4, 0.5) is 11.5 Å². The maximum atomic E-state index is 11.7. The second kappa shape index (κ2) is 5.95. The van der Waals surface area contributed by atoms with Gasteiger partial charge in [0.2, 0.25) is 11.7 Å². The summed E-state index contributed by atoms with van der Waals surface area (Å²) >= 11 is 0. The molecule has 0 saturated heterocycles. The summed E-state index contributed by atoms with van der Waals surface area (Å²) in [5.74, 6) is -1.75. The van der Waals surface area contributed by atoms with Crippen molar-refractivity contribution in [2.24, 2.45) is 0 Å². The number of aromatic nitrogens is 1. The molecule has 2 N–H and O–H groups in total. The Morgan fingerprint density at radius 1 is 1.50 bits per heavy atom. The third-order valence-corrected chi connectivity index (χ3v) is 2.48. The highest BCUT2D eigenvalue weighted by Gasteiger charge is 2.23. The van der Waals surface area contributed by atoms with E-state index in [1.54, 1.807) is 14.1 Å². The maximum absolute atomic E-state index is 11.7. The molecule has 1 aromatic rings. The second-order valence-corrected chi connectivity index (χ2v) is 4.25. The number of nitrogens with zero attached hydrogens (tertiary/aromatic N) is 3. The van der Waals surface area contributed by atoms with Gasteiger partial charge in [-0.15, -0.1) is 0 Å². The summed E-state index contributed by atoms with van der Waals surface area (Å²) in [5.41, 5.74) is -0.794. The zero-order chi connectivity index (χ0) is 15.4. The lowest BCUT2D eigenvalue weighted by atomic mass is 10.2. The number of anilines is 1. The molecule has 0 spiro atoms. The molecule has 0 aromatic carbocycles. The third-order valence-electron chi connectivity index (χ3n) is 2.48. The lowest BCUT2D eigenvalue weighted by molar-refractivity contribution is -0.384. The third kappa shape index (κ3) is 3.40. The number of carbonyl (C=O) groups excluding carboxylic acids is 1. The number of pyridine rings is 1. The molecule has 108 valence electrons. The van der Waals surface area contributed by atoms with Gasteiger partial charge in [-0.2, -0.15) is 0 Å². The van der Waals surface area contributed by atoms with Crippen LogP contribution in [0.5, 0.6) is 0 Å². The smallest absolute Gasteiger partial charge is 0.337 e. The molecule has 9 nitrogen and oxygen atoms in total. The van der Waals surface area contributed by atoms with E-state index >= 15 is 0 Å². The molecule has 0 aliphatic heterocycles. The minimum Gasteiger partial charge on any atom is -0.478 e. The van der Waals surface area contributed by atoms with Gasteiger partial charge in [0.05, 0.1) is 10.5 Å². The van der Waals surface area contributed by atoms with Crippen molar-refractivity contribution in [2.45, 2.75) is 13.0 Å². The van der Waals surface area contributed by atoms with Crippen molar-refractivity contribution in [3.05, 3.63) is 27.9 Å². The molecule has 0 radical (unpaired) electrons. The number of hydrogen-bond acceptors (Lipinski definition) is 6. The maximum Gasteiger partial charge on any atom is 0.337 e. The first-order valence-corrected chi connectivity index (χ1v) is 5.59. The van der Waals surface area contributed by atoms with Crippen LogP contribution in [0.1, 0.15) is 17.3 Å². The van der Waals surface area contributed by atoms with Crippen LogP contribution in [0.25, 0.3) is 0 Å². The van der Waals surface area contributed by atoms with Gasteiger partial charge < -0.3 is 15.3 Å². The second-order valence-electron chi connectivity index (χ2n) is 4.25. The molecule has 1 unspecified atom stereocenters.